The average molecular weight is 377 g/mol. The molecule has 0 radical (unpaired) electrons. The Hall–Kier alpha value is -2.12. The highest BCUT2D eigenvalue weighted by atomic mass is 16.5. The lowest BCUT2D eigenvalue weighted by atomic mass is 9.96. The van der Waals surface area contributed by atoms with Crippen molar-refractivity contribution < 1.29 is 14.1 Å². The lowest BCUT2D eigenvalue weighted by molar-refractivity contribution is -0.123. The second-order valence-corrected chi connectivity index (χ2v) is 7.81. The van der Waals surface area contributed by atoms with E-state index >= 15 is 0 Å². The van der Waals surface area contributed by atoms with Crippen molar-refractivity contribution in [2.75, 3.05) is 6.54 Å². The Labute approximate surface area is 160 Å². The van der Waals surface area contributed by atoms with Gasteiger partial charge in [-0.3, -0.25) is 4.79 Å². The molecule has 0 aromatic carbocycles. The van der Waals surface area contributed by atoms with E-state index in [0.717, 1.165) is 38.5 Å². The van der Waals surface area contributed by atoms with E-state index in [-0.39, 0.29) is 11.9 Å². The van der Waals surface area contributed by atoms with Gasteiger partial charge in [0.1, 0.15) is 5.54 Å². The van der Waals surface area contributed by atoms with Crippen LogP contribution in [0.5, 0.6) is 0 Å². The first kappa shape index (κ1) is 19.6. The molecular weight excluding hydrogens is 346 g/mol. The van der Waals surface area contributed by atoms with Gasteiger partial charge in [0.25, 0.3) is 0 Å². The highest BCUT2D eigenvalue weighted by Crippen LogP contribution is 2.37. The first-order chi connectivity index (χ1) is 13.1. The summed E-state index contributed by atoms with van der Waals surface area (Å²) in [4.78, 5) is 28.7. The molecule has 150 valence electrons. The van der Waals surface area contributed by atoms with Crippen LogP contribution in [0.15, 0.2) is 4.52 Å². The van der Waals surface area contributed by atoms with Gasteiger partial charge in [-0.2, -0.15) is 4.98 Å². The molecule has 0 bridgehead atoms. The molecule has 0 unspecified atom stereocenters. The lowest BCUT2D eigenvalue weighted by Gasteiger charge is -2.26. The zero-order valence-electron chi connectivity index (χ0n) is 16.2. The Morgan fingerprint density at radius 2 is 1.89 bits per heavy atom. The minimum Gasteiger partial charge on any atom is -0.343 e. The van der Waals surface area contributed by atoms with Crippen LogP contribution >= 0.6 is 0 Å². The van der Waals surface area contributed by atoms with E-state index < -0.39 is 5.54 Å². The summed E-state index contributed by atoms with van der Waals surface area (Å²) in [6.45, 7) is 2.24. The van der Waals surface area contributed by atoms with Crippen LogP contribution in [0.1, 0.15) is 82.3 Å². The molecule has 2 aliphatic rings. The summed E-state index contributed by atoms with van der Waals surface area (Å²) in [7, 11) is 0. The van der Waals surface area contributed by atoms with Crippen molar-refractivity contribution in [3.05, 3.63) is 11.7 Å². The molecule has 0 spiro atoms. The third kappa shape index (κ3) is 5.43. The van der Waals surface area contributed by atoms with Crippen LogP contribution in [0.2, 0.25) is 0 Å². The maximum atomic E-state index is 12.4. The number of aromatic nitrogens is 2. The molecule has 1 heterocycles. The number of aryl methyl sites for hydroxylation is 1. The van der Waals surface area contributed by atoms with Gasteiger partial charge in [0.05, 0.1) is 0 Å². The van der Waals surface area contributed by atoms with Crippen molar-refractivity contribution in [1.82, 2.24) is 26.1 Å². The van der Waals surface area contributed by atoms with Crippen LogP contribution in [0.3, 0.4) is 0 Å². The SMILES string of the molecule is Cc1nc(C2(NC(=O)CCCNC(=O)NC3CCCCC3)CCCC2)no1. The molecule has 27 heavy (non-hydrogen) atoms. The number of nitrogens with zero attached hydrogens (tertiary/aromatic N) is 2. The summed E-state index contributed by atoms with van der Waals surface area (Å²) in [6, 6.07) is 0.166. The van der Waals surface area contributed by atoms with E-state index in [9.17, 15) is 9.59 Å². The summed E-state index contributed by atoms with van der Waals surface area (Å²) in [5, 5.41) is 13.0. The number of carbonyl (C=O) groups excluding carboxylic acids is 2. The first-order valence-electron chi connectivity index (χ1n) is 10.2. The molecule has 0 saturated heterocycles. The zero-order valence-corrected chi connectivity index (χ0v) is 16.2. The average Bonchev–Trinajstić information content (AvgIpc) is 3.30. The summed E-state index contributed by atoms with van der Waals surface area (Å²) < 4.78 is 5.10. The minimum absolute atomic E-state index is 0.0335. The van der Waals surface area contributed by atoms with Crippen molar-refractivity contribution in [2.24, 2.45) is 0 Å². The van der Waals surface area contributed by atoms with Gasteiger partial charge in [-0.1, -0.05) is 37.3 Å². The molecule has 1 aromatic heterocycles. The Kier molecular flexibility index (Phi) is 6.68. The predicted octanol–water partition coefficient (Wildman–Crippen LogP) is 2.68. The van der Waals surface area contributed by atoms with E-state index in [0.29, 0.717) is 37.1 Å². The third-order valence-corrected chi connectivity index (χ3v) is 5.60. The molecule has 8 nitrogen and oxygen atoms in total. The minimum atomic E-state index is -0.499. The van der Waals surface area contributed by atoms with Crippen LogP contribution < -0.4 is 16.0 Å². The summed E-state index contributed by atoms with van der Waals surface area (Å²) in [5.74, 6) is 1.06. The van der Waals surface area contributed by atoms with Gasteiger partial charge in [0.2, 0.25) is 11.8 Å². The molecule has 0 atom stereocenters. The van der Waals surface area contributed by atoms with Crippen LogP contribution in [-0.2, 0) is 10.3 Å². The molecule has 2 fully saturated rings. The van der Waals surface area contributed by atoms with Crippen molar-refractivity contribution in [1.29, 1.82) is 0 Å². The molecule has 1 aromatic rings. The maximum Gasteiger partial charge on any atom is 0.315 e. The second-order valence-electron chi connectivity index (χ2n) is 7.81. The molecule has 2 aliphatic carbocycles. The normalized spacial score (nSPS) is 19.6. The summed E-state index contributed by atoms with van der Waals surface area (Å²) >= 11 is 0. The molecule has 3 amide bonds. The number of nitrogens with one attached hydrogen (secondary N) is 3. The fourth-order valence-corrected chi connectivity index (χ4v) is 4.14. The number of urea groups is 1. The van der Waals surface area contributed by atoms with E-state index in [1.807, 2.05) is 0 Å². The number of amides is 3. The topological polar surface area (TPSA) is 109 Å². The fourth-order valence-electron chi connectivity index (χ4n) is 4.14. The highest BCUT2D eigenvalue weighted by Gasteiger charge is 2.41. The van der Waals surface area contributed by atoms with Gasteiger partial charge < -0.3 is 20.5 Å². The highest BCUT2D eigenvalue weighted by molar-refractivity contribution is 5.77. The van der Waals surface area contributed by atoms with Crippen LogP contribution in [0.25, 0.3) is 0 Å². The largest absolute Gasteiger partial charge is 0.343 e. The Morgan fingerprint density at radius 3 is 2.56 bits per heavy atom. The molecule has 8 heteroatoms. The quantitative estimate of drug-likeness (QED) is 0.633. The Balaban J connectivity index is 1.38. The number of hydrogen-bond donors (Lipinski definition) is 3. The van der Waals surface area contributed by atoms with Gasteiger partial charge >= 0.3 is 6.03 Å². The summed E-state index contributed by atoms with van der Waals surface area (Å²) in [5.41, 5.74) is -0.499. The number of rotatable bonds is 7. The van der Waals surface area contributed by atoms with E-state index in [4.69, 9.17) is 4.52 Å². The smallest absolute Gasteiger partial charge is 0.315 e. The van der Waals surface area contributed by atoms with E-state index in [2.05, 4.69) is 26.1 Å². The van der Waals surface area contributed by atoms with E-state index in [1.54, 1.807) is 6.92 Å². The Bertz CT molecular complexity index is 633. The first-order valence-corrected chi connectivity index (χ1v) is 10.2. The molecular formula is C19H31N5O3. The van der Waals surface area contributed by atoms with Gasteiger partial charge in [0.15, 0.2) is 5.82 Å². The number of carbonyl (C=O) groups is 2. The van der Waals surface area contributed by atoms with Gasteiger partial charge in [-0.25, -0.2) is 4.79 Å². The lowest BCUT2D eigenvalue weighted by Crippen LogP contribution is -2.45. The van der Waals surface area contributed by atoms with Gasteiger partial charge in [-0.15, -0.1) is 0 Å². The second kappa shape index (κ2) is 9.19. The van der Waals surface area contributed by atoms with Crippen molar-refractivity contribution in [3.63, 3.8) is 0 Å². The third-order valence-electron chi connectivity index (χ3n) is 5.60. The van der Waals surface area contributed by atoms with Crippen LogP contribution in [-0.4, -0.2) is 34.7 Å². The van der Waals surface area contributed by atoms with Crippen molar-refractivity contribution in [2.45, 2.75) is 89.1 Å². The molecule has 2 saturated carbocycles. The van der Waals surface area contributed by atoms with E-state index in [1.165, 1.54) is 19.3 Å². The van der Waals surface area contributed by atoms with Crippen molar-refractivity contribution >= 4 is 11.9 Å². The standard InChI is InChI=1S/C19H31N5O3/c1-14-21-17(24-27-14)19(11-5-6-12-19)23-16(25)10-7-13-20-18(26)22-15-8-3-2-4-9-15/h15H,2-13H2,1H3,(H,23,25)(H2,20,22,26). The van der Waals surface area contributed by atoms with Crippen LogP contribution in [0.4, 0.5) is 4.79 Å². The van der Waals surface area contributed by atoms with Crippen LogP contribution in [0, 0.1) is 6.92 Å². The molecule has 3 rings (SSSR count). The Morgan fingerprint density at radius 1 is 1.15 bits per heavy atom. The number of hydrogen-bond acceptors (Lipinski definition) is 5. The molecule has 0 aliphatic heterocycles. The van der Waals surface area contributed by atoms with Gasteiger partial charge in [0, 0.05) is 25.9 Å². The predicted molar refractivity (Wildman–Crippen MR) is 100.0 cm³/mol. The maximum absolute atomic E-state index is 12.4. The van der Waals surface area contributed by atoms with Crippen molar-refractivity contribution in [3.8, 4) is 0 Å². The summed E-state index contributed by atoms with van der Waals surface area (Å²) in [6.07, 6.45) is 10.5. The fraction of sp³-hybridized carbons (Fsp3) is 0.789. The molecule has 3 N–H and O–H groups in total. The zero-order chi connectivity index (χ0) is 19.1. The van der Waals surface area contributed by atoms with Gasteiger partial charge in [-0.05, 0) is 32.1 Å². The monoisotopic (exact) mass is 377 g/mol.